The van der Waals surface area contributed by atoms with Gasteiger partial charge in [-0.2, -0.15) is 5.10 Å². The minimum absolute atomic E-state index is 0.000418. The second kappa shape index (κ2) is 8.19. The van der Waals surface area contributed by atoms with Crippen LogP contribution >= 0.6 is 0 Å². The van der Waals surface area contributed by atoms with E-state index in [9.17, 15) is 18.4 Å². The zero-order valence-corrected chi connectivity index (χ0v) is 16.1. The molecular weight excluding hydrogens is 408 g/mol. The van der Waals surface area contributed by atoms with Gasteiger partial charge in [0, 0.05) is 36.5 Å². The minimum atomic E-state index is -0.868. The molecule has 2 aromatic carbocycles. The van der Waals surface area contributed by atoms with Crippen LogP contribution in [0, 0.1) is 11.6 Å². The SMILES string of the molecule is Cn1cc(C(=O)NNC(=O)c2cc(-c3ccccc3)on2)c(-c2ccc(F)cc2F)n1. The third-order valence-electron chi connectivity index (χ3n) is 4.35. The highest BCUT2D eigenvalue weighted by molar-refractivity contribution is 6.02. The van der Waals surface area contributed by atoms with Crippen LogP contribution in [0.2, 0.25) is 0 Å². The Morgan fingerprint density at radius 3 is 2.48 bits per heavy atom. The van der Waals surface area contributed by atoms with Gasteiger partial charge in [-0.05, 0) is 12.1 Å². The van der Waals surface area contributed by atoms with Crippen molar-refractivity contribution in [2.45, 2.75) is 0 Å². The molecule has 156 valence electrons. The fourth-order valence-corrected chi connectivity index (χ4v) is 2.90. The molecule has 0 unspecified atom stereocenters. The number of hydrazine groups is 1. The van der Waals surface area contributed by atoms with Gasteiger partial charge < -0.3 is 4.52 Å². The lowest BCUT2D eigenvalue weighted by atomic mass is 10.1. The highest BCUT2D eigenvalue weighted by Crippen LogP contribution is 2.25. The van der Waals surface area contributed by atoms with E-state index in [4.69, 9.17) is 4.52 Å². The Morgan fingerprint density at radius 1 is 1.00 bits per heavy atom. The van der Waals surface area contributed by atoms with Gasteiger partial charge in [-0.15, -0.1) is 0 Å². The van der Waals surface area contributed by atoms with Gasteiger partial charge in [-0.1, -0.05) is 35.5 Å². The molecule has 2 aromatic heterocycles. The van der Waals surface area contributed by atoms with Crippen molar-refractivity contribution in [3.05, 3.63) is 83.7 Å². The molecule has 0 aliphatic carbocycles. The molecule has 0 saturated heterocycles. The molecule has 8 nitrogen and oxygen atoms in total. The van der Waals surface area contributed by atoms with Crippen molar-refractivity contribution in [3.63, 3.8) is 0 Å². The molecule has 2 heterocycles. The Morgan fingerprint density at radius 2 is 1.74 bits per heavy atom. The topological polar surface area (TPSA) is 102 Å². The molecule has 0 atom stereocenters. The summed E-state index contributed by atoms with van der Waals surface area (Å²) in [4.78, 5) is 24.9. The summed E-state index contributed by atoms with van der Waals surface area (Å²) in [6.45, 7) is 0. The van der Waals surface area contributed by atoms with E-state index in [2.05, 4.69) is 21.1 Å². The first-order chi connectivity index (χ1) is 14.9. The van der Waals surface area contributed by atoms with E-state index in [1.54, 1.807) is 19.2 Å². The van der Waals surface area contributed by atoms with Gasteiger partial charge in [0.2, 0.25) is 0 Å². The fraction of sp³-hybridized carbons (Fsp3) is 0.0476. The molecule has 0 bridgehead atoms. The van der Waals surface area contributed by atoms with E-state index < -0.39 is 23.4 Å². The van der Waals surface area contributed by atoms with Gasteiger partial charge >= 0.3 is 0 Å². The molecule has 0 aliphatic heterocycles. The lowest BCUT2D eigenvalue weighted by molar-refractivity contribution is 0.0842. The van der Waals surface area contributed by atoms with Gasteiger partial charge in [-0.3, -0.25) is 25.1 Å². The molecule has 0 aliphatic rings. The van der Waals surface area contributed by atoms with E-state index in [1.807, 2.05) is 18.2 Å². The van der Waals surface area contributed by atoms with Crippen LogP contribution in [0.25, 0.3) is 22.6 Å². The first-order valence-corrected chi connectivity index (χ1v) is 9.04. The van der Waals surface area contributed by atoms with E-state index in [-0.39, 0.29) is 22.5 Å². The standard InChI is InChI=1S/C21H15F2N5O3/c1-28-11-15(19(26-28)14-8-7-13(22)9-16(14)23)20(29)24-25-21(30)17-10-18(31-27-17)12-5-3-2-4-6-12/h2-11H,1H3,(H,24,29)(H,25,30). The number of carbonyl (C=O) groups is 2. The number of nitrogens with one attached hydrogen (secondary N) is 2. The van der Waals surface area contributed by atoms with Crippen LogP contribution in [0.1, 0.15) is 20.8 Å². The van der Waals surface area contributed by atoms with Gasteiger partial charge in [0.25, 0.3) is 11.8 Å². The molecular formula is C21H15F2N5O3. The van der Waals surface area contributed by atoms with E-state index in [0.29, 0.717) is 11.8 Å². The predicted octanol–water partition coefficient (Wildman–Crippen LogP) is 3.10. The average Bonchev–Trinajstić information content (AvgIpc) is 3.40. The Hall–Kier alpha value is -4.34. The normalized spacial score (nSPS) is 10.7. The molecule has 10 heteroatoms. The largest absolute Gasteiger partial charge is 0.355 e. The monoisotopic (exact) mass is 423 g/mol. The van der Waals surface area contributed by atoms with Crippen LogP contribution in [-0.4, -0.2) is 26.8 Å². The van der Waals surface area contributed by atoms with E-state index in [1.165, 1.54) is 23.0 Å². The third-order valence-corrected chi connectivity index (χ3v) is 4.35. The summed E-state index contributed by atoms with van der Waals surface area (Å²) in [7, 11) is 1.54. The number of aryl methyl sites for hydroxylation is 1. The molecule has 0 spiro atoms. The summed E-state index contributed by atoms with van der Waals surface area (Å²) in [6, 6.07) is 13.4. The van der Waals surface area contributed by atoms with Gasteiger partial charge in [0.1, 0.15) is 17.3 Å². The summed E-state index contributed by atoms with van der Waals surface area (Å²) in [5.41, 5.74) is 5.07. The molecule has 0 radical (unpaired) electrons. The van der Waals surface area contributed by atoms with Gasteiger partial charge in [0.05, 0.1) is 5.56 Å². The fourth-order valence-electron chi connectivity index (χ4n) is 2.90. The summed E-state index contributed by atoms with van der Waals surface area (Å²) in [5, 5.41) is 7.76. The second-order valence-electron chi connectivity index (χ2n) is 6.54. The summed E-state index contributed by atoms with van der Waals surface area (Å²) >= 11 is 0. The zero-order chi connectivity index (χ0) is 22.0. The van der Waals surface area contributed by atoms with Crippen LogP contribution in [0.3, 0.4) is 0 Å². The van der Waals surface area contributed by atoms with E-state index >= 15 is 0 Å². The van der Waals surface area contributed by atoms with Crippen molar-refractivity contribution < 1.29 is 22.9 Å². The average molecular weight is 423 g/mol. The number of nitrogens with zero attached hydrogens (tertiary/aromatic N) is 3. The number of rotatable bonds is 4. The van der Waals surface area contributed by atoms with Crippen LogP contribution in [-0.2, 0) is 7.05 Å². The zero-order valence-electron chi connectivity index (χ0n) is 16.1. The molecule has 4 aromatic rings. The lowest BCUT2D eigenvalue weighted by Crippen LogP contribution is -2.41. The Bertz CT molecular complexity index is 1270. The van der Waals surface area contributed by atoms with Crippen LogP contribution in [0.4, 0.5) is 8.78 Å². The van der Waals surface area contributed by atoms with Crippen molar-refractivity contribution in [2.24, 2.45) is 7.05 Å². The maximum Gasteiger partial charge on any atom is 0.291 e. The maximum absolute atomic E-state index is 14.2. The number of amides is 2. The lowest BCUT2D eigenvalue weighted by Gasteiger charge is -2.06. The molecule has 0 fully saturated rings. The summed E-state index contributed by atoms with van der Waals surface area (Å²) < 4.78 is 33.8. The number of benzene rings is 2. The number of halogens is 2. The smallest absolute Gasteiger partial charge is 0.291 e. The van der Waals surface area contributed by atoms with Crippen LogP contribution in [0.15, 0.2) is 65.3 Å². The van der Waals surface area contributed by atoms with Crippen molar-refractivity contribution in [2.75, 3.05) is 0 Å². The second-order valence-corrected chi connectivity index (χ2v) is 6.54. The number of carbonyl (C=O) groups excluding carboxylic acids is 2. The Balaban J connectivity index is 1.48. The van der Waals surface area contributed by atoms with Crippen molar-refractivity contribution in [3.8, 4) is 22.6 Å². The number of hydrogen-bond acceptors (Lipinski definition) is 5. The maximum atomic E-state index is 14.2. The summed E-state index contributed by atoms with van der Waals surface area (Å²) in [5.74, 6) is -2.69. The molecule has 31 heavy (non-hydrogen) atoms. The number of hydrogen-bond donors (Lipinski definition) is 2. The van der Waals surface area contributed by atoms with Gasteiger partial charge in [-0.25, -0.2) is 8.78 Å². The predicted molar refractivity (Wildman–Crippen MR) is 105 cm³/mol. The first-order valence-electron chi connectivity index (χ1n) is 9.04. The van der Waals surface area contributed by atoms with Crippen molar-refractivity contribution >= 4 is 11.8 Å². The Kier molecular flexibility index (Phi) is 5.27. The number of aromatic nitrogens is 3. The van der Waals surface area contributed by atoms with E-state index in [0.717, 1.165) is 11.6 Å². The third kappa shape index (κ3) is 4.17. The van der Waals surface area contributed by atoms with Crippen LogP contribution in [0.5, 0.6) is 0 Å². The first kappa shape index (κ1) is 20.0. The quantitative estimate of drug-likeness (QED) is 0.491. The highest BCUT2D eigenvalue weighted by Gasteiger charge is 2.21. The molecule has 2 N–H and O–H groups in total. The summed E-state index contributed by atoms with van der Waals surface area (Å²) in [6.07, 6.45) is 1.35. The van der Waals surface area contributed by atoms with Gasteiger partial charge in [0.15, 0.2) is 11.5 Å². The van der Waals surface area contributed by atoms with Crippen molar-refractivity contribution in [1.29, 1.82) is 0 Å². The van der Waals surface area contributed by atoms with Crippen LogP contribution < -0.4 is 10.9 Å². The molecule has 4 rings (SSSR count). The molecule has 0 saturated carbocycles. The highest BCUT2D eigenvalue weighted by atomic mass is 19.1. The molecule has 2 amide bonds. The minimum Gasteiger partial charge on any atom is -0.355 e. The Labute approximate surface area is 174 Å². The van der Waals surface area contributed by atoms with Crippen molar-refractivity contribution in [1.82, 2.24) is 25.8 Å².